The summed E-state index contributed by atoms with van der Waals surface area (Å²) in [7, 11) is 0. The maximum absolute atomic E-state index is 6.44. The third-order valence-electron chi connectivity index (χ3n) is 3.44. The van der Waals surface area contributed by atoms with Crippen LogP contribution < -0.4 is 5.73 Å². The molecule has 3 heterocycles. The molecule has 106 valence electrons. The zero-order chi connectivity index (χ0) is 15.0. The van der Waals surface area contributed by atoms with Crippen LogP contribution in [-0.2, 0) is 5.41 Å². The highest BCUT2D eigenvalue weighted by molar-refractivity contribution is 5.95. The lowest BCUT2D eigenvalue weighted by molar-refractivity contribution is 0.593. The highest BCUT2D eigenvalue weighted by atomic mass is 15.1. The quantitative estimate of drug-likeness (QED) is 0.741. The number of nitrogens with zero attached hydrogens (tertiary/aromatic N) is 4. The number of hydrogen-bond donors (Lipinski definition) is 1. The van der Waals surface area contributed by atoms with E-state index in [2.05, 4.69) is 36.0 Å². The van der Waals surface area contributed by atoms with E-state index in [0.717, 1.165) is 33.4 Å². The fourth-order valence-corrected chi connectivity index (χ4v) is 2.54. The summed E-state index contributed by atoms with van der Waals surface area (Å²) in [5.74, 6) is 0. The van der Waals surface area contributed by atoms with Crippen LogP contribution in [0, 0.1) is 0 Å². The third kappa shape index (κ3) is 2.31. The summed E-state index contributed by atoms with van der Waals surface area (Å²) in [6, 6.07) is 3.80. The lowest BCUT2D eigenvalue weighted by Gasteiger charge is -2.25. The molecular formula is C16H17N5. The fraction of sp³-hybridized carbons (Fsp3) is 0.250. The number of pyridine rings is 2. The Labute approximate surface area is 123 Å². The molecule has 0 spiro atoms. The monoisotopic (exact) mass is 279 g/mol. The van der Waals surface area contributed by atoms with Crippen molar-refractivity contribution in [3.8, 4) is 11.3 Å². The van der Waals surface area contributed by atoms with Crippen LogP contribution >= 0.6 is 0 Å². The van der Waals surface area contributed by atoms with Gasteiger partial charge in [0.15, 0.2) is 0 Å². The maximum Gasteiger partial charge on any atom is 0.0913 e. The van der Waals surface area contributed by atoms with Crippen molar-refractivity contribution in [2.75, 3.05) is 5.73 Å². The highest BCUT2D eigenvalue weighted by Gasteiger charge is 2.25. The number of rotatable bonds is 1. The van der Waals surface area contributed by atoms with Gasteiger partial charge < -0.3 is 5.73 Å². The molecule has 0 unspecified atom stereocenters. The Morgan fingerprint density at radius 1 is 1.00 bits per heavy atom. The topological polar surface area (TPSA) is 77.6 Å². The third-order valence-corrected chi connectivity index (χ3v) is 3.44. The Balaban J connectivity index is 2.42. The normalized spacial score (nSPS) is 11.8. The average molecular weight is 279 g/mol. The molecule has 0 bridgehead atoms. The van der Waals surface area contributed by atoms with Gasteiger partial charge in [-0.2, -0.15) is 10.2 Å². The molecule has 0 saturated carbocycles. The first-order valence-corrected chi connectivity index (χ1v) is 6.79. The standard InChI is InChI=1S/C16H17N5/c1-16(2,3)13-14(17)11-5-6-18-9-12(11)21-15(13)10-4-7-19-20-8-10/h4-9H,1-3H3,(H2,17,21). The number of anilines is 1. The zero-order valence-electron chi connectivity index (χ0n) is 12.3. The first-order valence-electron chi connectivity index (χ1n) is 6.79. The van der Waals surface area contributed by atoms with E-state index in [1.165, 1.54) is 0 Å². The minimum absolute atomic E-state index is 0.132. The summed E-state index contributed by atoms with van der Waals surface area (Å²) < 4.78 is 0. The van der Waals surface area contributed by atoms with Crippen LogP contribution in [0.1, 0.15) is 26.3 Å². The maximum atomic E-state index is 6.44. The van der Waals surface area contributed by atoms with E-state index < -0.39 is 0 Å². The summed E-state index contributed by atoms with van der Waals surface area (Å²) >= 11 is 0. The predicted molar refractivity (Wildman–Crippen MR) is 83.7 cm³/mol. The van der Waals surface area contributed by atoms with Crippen LogP contribution in [0.25, 0.3) is 22.2 Å². The first-order chi connectivity index (χ1) is 9.98. The molecular weight excluding hydrogens is 262 g/mol. The van der Waals surface area contributed by atoms with Crippen molar-refractivity contribution >= 4 is 16.6 Å². The molecule has 0 aliphatic heterocycles. The zero-order valence-corrected chi connectivity index (χ0v) is 12.3. The second kappa shape index (κ2) is 4.77. The van der Waals surface area contributed by atoms with Gasteiger partial charge in [-0.25, -0.2) is 4.98 Å². The molecule has 0 atom stereocenters. The van der Waals surface area contributed by atoms with Crippen LogP contribution in [0.2, 0.25) is 0 Å². The molecule has 21 heavy (non-hydrogen) atoms. The van der Waals surface area contributed by atoms with Gasteiger partial charge in [0.2, 0.25) is 0 Å². The molecule has 3 aromatic heterocycles. The van der Waals surface area contributed by atoms with Gasteiger partial charge in [0.05, 0.1) is 29.8 Å². The van der Waals surface area contributed by atoms with E-state index in [-0.39, 0.29) is 5.41 Å². The van der Waals surface area contributed by atoms with Gasteiger partial charge in [-0.15, -0.1) is 0 Å². The number of hydrogen-bond acceptors (Lipinski definition) is 5. The number of fused-ring (bicyclic) bond motifs is 1. The highest BCUT2D eigenvalue weighted by Crippen LogP contribution is 2.38. The number of nitrogens with two attached hydrogens (primary N) is 1. The SMILES string of the molecule is CC(C)(C)c1c(-c2ccnnc2)nc2cnccc2c1N. The Bertz CT molecular complexity index is 791. The lowest BCUT2D eigenvalue weighted by Crippen LogP contribution is -2.17. The van der Waals surface area contributed by atoms with E-state index in [9.17, 15) is 0 Å². The molecule has 0 aliphatic rings. The Hall–Kier alpha value is -2.56. The van der Waals surface area contributed by atoms with Crippen molar-refractivity contribution in [3.05, 3.63) is 42.5 Å². The molecule has 3 aromatic rings. The summed E-state index contributed by atoms with van der Waals surface area (Å²) in [6.45, 7) is 6.39. The minimum Gasteiger partial charge on any atom is -0.398 e. The van der Waals surface area contributed by atoms with Crippen molar-refractivity contribution in [1.29, 1.82) is 0 Å². The predicted octanol–water partition coefficient (Wildman–Crippen LogP) is 2.97. The number of aromatic nitrogens is 4. The van der Waals surface area contributed by atoms with Gasteiger partial charge in [0.1, 0.15) is 0 Å². The van der Waals surface area contributed by atoms with Gasteiger partial charge in [0, 0.05) is 28.4 Å². The van der Waals surface area contributed by atoms with Gasteiger partial charge in [0.25, 0.3) is 0 Å². The van der Waals surface area contributed by atoms with E-state index in [4.69, 9.17) is 10.7 Å². The molecule has 0 fully saturated rings. The minimum atomic E-state index is -0.132. The van der Waals surface area contributed by atoms with E-state index in [1.54, 1.807) is 24.8 Å². The summed E-state index contributed by atoms with van der Waals surface area (Å²) in [4.78, 5) is 8.90. The molecule has 0 saturated heterocycles. The van der Waals surface area contributed by atoms with Gasteiger partial charge in [-0.1, -0.05) is 20.8 Å². The summed E-state index contributed by atoms with van der Waals surface area (Å²) in [5, 5.41) is 8.70. The van der Waals surface area contributed by atoms with Crippen LogP contribution in [-0.4, -0.2) is 20.2 Å². The summed E-state index contributed by atoms with van der Waals surface area (Å²) in [5.41, 5.74) is 10.6. The number of nitrogen functional groups attached to an aromatic ring is 1. The van der Waals surface area contributed by atoms with Crippen molar-refractivity contribution in [3.63, 3.8) is 0 Å². The molecule has 0 amide bonds. The van der Waals surface area contributed by atoms with Gasteiger partial charge >= 0.3 is 0 Å². The van der Waals surface area contributed by atoms with Crippen LogP contribution in [0.3, 0.4) is 0 Å². The van der Waals surface area contributed by atoms with E-state index in [0.29, 0.717) is 0 Å². The average Bonchev–Trinajstić information content (AvgIpc) is 2.46. The molecule has 0 aromatic carbocycles. The van der Waals surface area contributed by atoms with Crippen LogP contribution in [0.5, 0.6) is 0 Å². The Morgan fingerprint density at radius 3 is 2.48 bits per heavy atom. The smallest absolute Gasteiger partial charge is 0.0913 e. The van der Waals surface area contributed by atoms with Crippen molar-refractivity contribution in [2.24, 2.45) is 0 Å². The molecule has 2 N–H and O–H groups in total. The molecule has 5 heteroatoms. The second-order valence-corrected chi connectivity index (χ2v) is 6.02. The Morgan fingerprint density at radius 2 is 1.81 bits per heavy atom. The van der Waals surface area contributed by atoms with E-state index >= 15 is 0 Å². The van der Waals surface area contributed by atoms with Gasteiger partial charge in [-0.05, 0) is 17.5 Å². The fourth-order valence-electron chi connectivity index (χ4n) is 2.54. The van der Waals surface area contributed by atoms with Gasteiger partial charge in [-0.3, -0.25) is 4.98 Å². The molecule has 5 nitrogen and oxygen atoms in total. The Kier molecular flexibility index (Phi) is 3.05. The lowest BCUT2D eigenvalue weighted by atomic mass is 9.82. The van der Waals surface area contributed by atoms with Crippen molar-refractivity contribution in [1.82, 2.24) is 20.2 Å². The van der Waals surface area contributed by atoms with Crippen LogP contribution in [0.4, 0.5) is 5.69 Å². The largest absolute Gasteiger partial charge is 0.398 e. The van der Waals surface area contributed by atoms with Crippen LogP contribution in [0.15, 0.2) is 36.9 Å². The first kappa shape index (κ1) is 13.4. The van der Waals surface area contributed by atoms with E-state index in [1.807, 2.05) is 12.1 Å². The molecule has 0 radical (unpaired) electrons. The molecule has 0 aliphatic carbocycles. The summed E-state index contributed by atoms with van der Waals surface area (Å²) in [6.07, 6.45) is 6.84. The second-order valence-electron chi connectivity index (χ2n) is 6.02. The van der Waals surface area contributed by atoms with Crippen molar-refractivity contribution in [2.45, 2.75) is 26.2 Å². The molecule has 3 rings (SSSR count). The van der Waals surface area contributed by atoms with Crippen molar-refractivity contribution < 1.29 is 0 Å².